The Balaban J connectivity index is 1.74. The highest BCUT2D eigenvalue weighted by molar-refractivity contribution is 7.90. The maximum Gasteiger partial charge on any atom is 0.307 e. The van der Waals surface area contributed by atoms with Crippen molar-refractivity contribution < 1.29 is 13.2 Å². The summed E-state index contributed by atoms with van der Waals surface area (Å²) in [5, 5.41) is 4.19. The van der Waals surface area contributed by atoms with Gasteiger partial charge in [-0.2, -0.15) is 5.10 Å². The van der Waals surface area contributed by atoms with Crippen molar-refractivity contribution in [2.75, 3.05) is 0 Å². The monoisotopic (exact) mass is 394 g/mol. The fraction of sp³-hybridized carbons (Fsp3) is 0.312. The highest BCUT2D eigenvalue weighted by atomic mass is 32.2. The summed E-state index contributed by atoms with van der Waals surface area (Å²) < 4.78 is 30.6. The van der Waals surface area contributed by atoms with Crippen LogP contribution in [0.5, 0.6) is 0 Å². The molecule has 0 radical (unpaired) electrons. The van der Waals surface area contributed by atoms with Crippen LogP contribution in [-0.4, -0.2) is 28.7 Å². The number of nitrogens with zero attached hydrogens (tertiary/aromatic N) is 3. The van der Waals surface area contributed by atoms with E-state index in [1.165, 1.54) is 16.7 Å². The second kappa shape index (κ2) is 6.69. The van der Waals surface area contributed by atoms with E-state index in [1.807, 2.05) is 13.1 Å². The van der Waals surface area contributed by atoms with Gasteiger partial charge < -0.3 is 4.57 Å². The van der Waals surface area contributed by atoms with E-state index >= 15 is 0 Å². The molecule has 2 heterocycles. The third-order valence-corrected chi connectivity index (χ3v) is 6.43. The third-order valence-electron chi connectivity index (χ3n) is 4.06. The number of thiazole rings is 1. The first-order valence-corrected chi connectivity index (χ1v) is 10.1. The third kappa shape index (κ3) is 3.56. The number of carbonyl (C=O) groups excluding carboxylic acids is 1. The molecule has 138 valence electrons. The Bertz CT molecular complexity index is 1150. The number of aromatic nitrogens is 3. The Morgan fingerprint density at radius 2 is 2.04 bits per heavy atom. The number of carbonyl (C=O) groups is 1. The molecule has 3 rings (SSSR count). The van der Waals surface area contributed by atoms with Crippen molar-refractivity contribution in [3.8, 4) is 0 Å². The van der Waals surface area contributed by atoms with Crippen LogP contribution < -0.4 is 9.60 Å². The predicted molar refractivity (Wildman–Crippen MR) is 98.7 cm³/mol. The largest absolute Gasteiger partial charge is 0.307 e. The minimum atomic E-state index is -3.99. The highest BCUT2D eigenvalue weighted by Gasteiger charge is 2.19. The lowest BCUT2D eigenvalue weighted by Gasteiger charge is -2.07. The van der Waals surface area contributed by atoms with Crippen LogP contribution in [-0.2, 0) is 35.3 Å². The van der Waals surface area contributed by atoms with Crippen LogP contribution in [0.15, 0.2) is 34.1 Å². The number of rotatable bonds is 5. The smallest absolute Gasteiger partial charge is 0.302 e. The first-order valence-electron chi connectivity index (χ1n) is 7.82. The van der Waals surface area contributed by atoms with Crippen molar-refractivity contribution in [3.63, 3.8) is 0 Å². The van der Waals surface area contributed by atoms with Gasteiger partial charge in [-0.15, -0.1) is 0 Å². The van der Waals surface area contributed by atoms with Crippen molar-refractivity contribution in [3.05, 3.63) is 45.3 Å². The molecule has 0 aliphatic carbocycles. The fourth-order valence-corrected chi connectivity index (χ4v) is 4.72. The van der Waals surface area contributed by atoms with Gasteiger partial charge in [0.1, 0.15) is 0 Å². The number of aryl methyl sites for hydroxylation is 4. The number of benzene rings is 1. The molecule has 0 atom stereocenters. The molecule has 26 heavy (non-hydrogen) atoms. The van der Waals surface area contributed by atoms with Crippen molar-refractivity contribution >= 4 is 37.5 Å². The van der Waals surface area contributed by atoms with Gasteiger partial charge in [-0.3, -0.25) is 14.3 Å². The van der Waals surface area contributed by atoms with Crippen molar-refractivity contribution in [1.82, 2.24) is 19.1 Å². The van der Waals surface area contributed by atoms with E-state index in [1.54, 1.807) is 24.8 Å². The maximum atomic E-state index is 12.4. The molecule has 1 aromatic carbocycles. The molecule has 8 nitrogen and oxygen atoms in total. The van der Waals surface area contributed by atoms with Gasteiger partial charge in [-0.1, -0.05) is 11.3 Å². The summed E-state index contributed by atoms with van der Waals surface area (Å²) in [5.41, 5.74) is 2.36. The summed E-state index contributed by atoms with van der Waals surface area (Å²) in [4.78, 5) is 23.5. The molecule has 0 unspecified atom stereocenters. The first kappa shape index (κ1) is 18.3. The van der Waals surface area contributed by atoms with Crippen LogP contribution in [0, 0.1) is 6.92 Å². The molecule has 0 fully saturated rings. The molecule has 1 N–H and O–H groups in total. The zero-order chi connectivity index (χ0) is 19.1. The van der Waals surface area contributed by atoms with E-state index in [-0.39, 0.29) is 16.2 Å². The molecule has 0 saturated heterocycles. The van der Waals surface area contributed by atoms with Crippen LogP contribution in [0.25, 0.3) is 10.2 Å². The van der Waals surface area contributed by atoms with Crippen LogP contribution in [0.2, 0.25) is 0 Å². The van der Waals surface area contributed by atoms with Crippen molar-refractivity contribution in [2.24, 2.45) is 14.1 Å². The summed E-state index contributed by atoms with van der Waals surface area (Å²) in [6.07, 6.45) is 2.25. The average Bonchev–Trinajstić information content (AvgIpc) is 3.03. The summed E-state index contributed by atoms with van der Waals surface area (Å²) in [7, 11) is -0.580. The molecule has 10 heteroatoms. The number of hydrogen-bond donors (Lipinski definition) is 1. The van der Waals surface area contributed by atoms with Gasteiger partial charge in [0, 0.05) is 26.7 Å². The second-order valence-electron chi connectivity index (χ2n) is 6.00. The molecule has 0 saturated carbocycles. The molecule has 0 aliphatic rings. The highest BCUT2D eigenvalue weighted by Crippen LogP contribution is 2.21. The van der Waals surface area contributed by atoms with E-state index in [2.05, 4.69) is 9.82 Å². The van der Waals surface area contributed by atoms with Gasteiger partial charge in [-0.25, -0.2) is 13.1 Å². The van der Waals surface area contributed by atoms with E-state index in [9.17, 15) is 18.0 Å². The normalized spacial score (nSPS) is 11.8. The number of nitrogens with one attached hydrogen (secondary N) is 1. The van der Waals surface area contributed by atoms with Gasteiger partial charge in [-0.05, 0) is 37.1 Å². The predicted octanol–water partition coefficient (Wildman–Crippen LogP) is 1.08. The minimum absolute atomic E-state index is 0.0344. The Morgan fingerprint density at radius 1 is 1.31 bits per heavy atom. The SMILES string of the molecule is Cc1nn(C)cc1CCC(=O)NS(=O)(=O)c1ccc2c(c1)sc(=O)n2C. The molecule has 3 aromatic rings. The molecule has 0 bridgehead atoms. The van der Waals surface area contributed by atoms with E-state index in [0.29, 0.717) is 16.6 Å². The number of amides is 1. The minimum Gasteiger partial charge on any atom is -0.302 e. The first-order chi connectivity index (χ1) is 12.2. The second-order valence-corrected chi connectivity index (χ2v) is 8.67. The maximum absolute atomic E-state index is 12.4. The molecular weight excluding hydrogens is 376 g/mol. The van der Waals surface area contributed by atoms with Gasteiger partial charge >= 0.3 is 4.87 Å². The van der Waals surface area contributed by atoms with Crippen molar-refractivity contribution in [1.29, 1.82) is 0 Å². The summed E-state index contributed by atoms with van der Waals surface area (Å²) in [5.74, 6) is -0.588. The van der Waals surface area contributed by atoms with E-state index in [0.717, 1.165) is 22.6 Å². The fourth-order valence-electron chi connectivity index (χ4n) is 2.68. The summed E-state index contributed by atoms with van der Waals surface area (Å²) >= 11 is 0.960. The average molecular weight is 394 g/mol. The molecule has 2 aromatic heterocycles. The number of fused-ring (bicyclic) bond motifs is 1. The standard InChI is InChI=1S/C16H18N4O4S2/c1-10-11(9-19(2)17-10)4-7-15(21)18-26(23,24)12-5-6-13-14(8-12)25-16(22)20(13)3/h5-6,8-9H,4,7H2,1-3H3,(H,18,21). The van der Waals surface area contributed by atoms with Crippen LogP contribution in [0.3, 0.4) is 0 Å². The molecular formula is C16H18N4O4S2. The van der Waals surface area contributed by atoms with Gasteiger partial charge in [0.2, 0.25) is 5.91 Å². The van der Waals surface area contributed by atoms with Gasteiger partial charge in [0.15, 0.2) is 0 Å². The Labute approximate surface area is 154 Å². The van der Waals surface area contributed by atoms with E-state index in [4.69, 9.17) is 0 Å². The quantitative estimate of drug-likeness (QED) is 0.697. The lowest BCUT2D eigenvalue weighted by Crippen LogP contribution is -2.30. The van der Waals surface area contributed by atoms with Gasteiger partial charge in [0.25, 0.3) is 10.0 Å². The topological polar surface area (TPSA) is 103 Å². The van der Waals surface area contributed by atoms with Crippen LogP contribution in [0.1, 0.15) is 17.7 Å². The zero-order valence-corrected chi connectivity index (χ0v) is 16.1. The lowest BCUT2D eigenvalue weighted by atomic mass is 10.1. The summed E-state index contributed by atoms with van der Waals surface area (Å²) in [6, 6.07) is 4.35. The van der Waals surface area contributed by atoms with E-state index < -0.39 is 15.9 Å². The Hall–Kier alpha value is -2.46. The number of hydrogen-bond acceptors (Lipinski definition) is 6. The Kier molecular flexibility index (Phi) is 4.72. The van der Waals surface area contributed by atoms with Crippen LogP contribution in [0.4, 0.5) is 0 Å². The van der Waals surface area contributed by atoms with Crippen LogP contribution >= 0.6 is 11.3 Å². The summed E-state index contributed by atoms with van der Waals surface area (Å²) in [6.45, 7) is 1.84. The Morgan fingerprint density at radius 3 is 2.69 bits per heavy atom. The molecule has 0 aliphatic heterocycles. The molecule has 0 spiro atoms. The van der Waals surface area contributed by atoms with Gasteiger partial charge in [0.05, 0.1) is 20.8 Å². The molecule has 1 amide bonds. The number of sulfonamides is 1. The zero-order valence-electron chi connectivity index (χ0n) is 14.5. The van der Waals surface area contributed by atoms with Crippen molar-refractivity contribution in [2.45, 2.75) is 24.7 Å². The lowest BCUT2D eigenvalue weighted by molar-refractivity contribution is -0.119.